The average molecular weight is 146 g/mol. The standard InChI is InChI=1S/Fe.Mg.O.Ti.2H/q;+2;;;2*-1. The molecule has 22 valence electrons. The molecule has 0 amide bonds. The first kappa shape index (κ1) is 17.0. The van der Waals surface area contributed by atoms with Gasteiger partial charge in [-0.3, -0.25) is 0 Å². The maximum absolute atomic E-state index is 8.25. The summed E-state index contributed by atoms with van der Waals surface area (Å²) in [4.78, 5) is 0. The van der Waals surface area contributed by atoms with Crippen molar-refractivity contribution in [2.24, 2.45) is 0 Å². The van der Waals surface area contributed by atoms with Crippen molar-refractivity contribution in [2.75, 3.05) is 0 Å². The third-order valence-electron chi connectivity index (χ3n) is 0. The van der Waals surface area contributed by atoms with Gasteiger partial charge in [-0.15, -0.1) is 0 Å². The molecule has 4 heavy (non-hydrogen) atoms. The molecule has 0 spiro atoms. The fourth-order valence-corrected chi connectivity index (χ4v) is 0. The second kappa shape index (κ2) is 21.4. The van der Waals surface area contributed by atoms with Gasteiger partial charge in [0, 0.05) is 17.1 Å². The minimum absolute atomic E-state index is 0. The summed E-state index contributed by atoms with van der Waals surface area (Å²) in [6.45, 7) is 0. The zero-order chi connectivity index (χ0) is 2.00. The second-order valence-corrected chi connectivity index (χ2v) is 0. The predicted molar refractivity (Wildman–Crippen MR) is 8.66 cm³/mol. The van der Waals surface area contributed by atoms with Gasteiger partial charge in [-0.1, -0.05) is 0 Å². The van der Waals surface area contributed by atoms with E-state index in [1.807, 2.05) is 0 Å². The van der Waals surface area contributed by atoms with E-state index >= 15 is 0 Å². The Hall–Kier alpha value is 1.80. The summed E-state index contributed by atoms with van der Waals surface area (Å²) in [5, 5.41) is 0. The molecule has 0 saturated carbocycles. The summed E-state index contributed by atoms with van der Waals surface area (Å²) >= 11 is 0.750. The molecule has 0 aliphatic carbocycles. The zero-order valence-electron chi connectivity index (χ0n) is 3.97. The van der Waals surface area contributed by atoms with Crippen molar-refractivity contribution in [2.45, 2.75) is 0 Å². The van der Waals surface area contributed by atoms with Crippen LogP contribution in [0.1, 0.15) is 2.85 Å². The molecule has 0 unspecified atom stereocenters. The zero-order valence-corrected chi connectivity index (χ0v) is 6.05. The molecular formula is H2FeMgOTi. The third-order valence-corrected chi connectivity index (χ3v) is 0. The van der Waals surface area contributed by atoms with Gasteiger partial charge < -0.3 is 2.85 Å². The molecule has 0 aromatic rings. The normalized spacial score (nSPS) is 0.750. The predicted octanol–water partition coefficient (Wildman–Crippen LogP) is -0.280. The van der Waals surface area contributed by atoms with Crippen molar-refractivity contribution in [3.05, 3.63) is 0 Å². The van der Waals surface area contributed by atoms with Crippen LogP contribution in [0.5, 0.6) is 0 Å². The molecule has 1 nitrogen and oxygen atoms in total. The van der Waals surface area contributed by atoms with Crippen LogP contribution in [0.4, 0.5) is 0 Å². The summed E-state index contributed by atoms with van der Waals surface area (Å²) in [6, 6.07) is 0. The van der Waals surface area contributed by atoms with Gasteiger partial charge in [-0.25, -0.2) is 0 Å². The van der Waals surface area contributed by atoms with Crippen molar-refractivity contribution in [1.82, 2.24) is 0 Å². The SMILES string of the molecule is [Fe].[H-].[H-].[Mg+2].[O]=[Ti]. The molecule has 0 atom stereocenters. The van der Waals surface area contributed by atoms with E-state index in [2.05, 4.69) is 0 Å². The van der Waals surface area contributed by atoms with E-state index in [-0.39, 0.29) is 43.0 Å². The van der Waals surface area contributed by atoms with Crippen molar-refractivity contribution in [1.29, 1.82) is 0 Å². The van der Waals surface area contributed by atoms with E-state index in [0.717, 1.165) is 20.4 Å². The average Bonchev–Trinajstić information content (AvgIpc) is 1.00. The Morgan fingerprint density at radius 3 is 1.50 bits per heavy atom. The van der Waals surface area contributed by atoms with Crippen LogP contribution in [0.3, 0.4) is 0 Å². The number of hydrogen-bond acceptors (Lipinski definition) is 1. The van der Waals surface area contributed by atoms with Crippen LogP contribution in [-0.4, -0.2) is 23.1 Å². The molecule has 0 aliphatic rings. The Labute approximate surface area is 66.2 Å². The van der Waals surface area contributed by atoms with Gasteiger partial charge in [-0.05, 0) is 0 Å². The Bertz CT molecular complexity index is 13.5. The van der Waals surface area contributed by atoms with E-state index < -0.39 is 0 Å². The number of hydrogen-bond donors (Lipinski definition) is 0. The molecular weight excluding hydrogens is 144 g/mol. The summed E-state index contributed by atoms with van der Waals surface area (Å²) < 4.78 is 8.25. The van der Waals surface area contributed by atoms with Crippen LogP contribution in [0.2, 0.25) is 0 Å². The van der Waals surface area contributed by atoms with Crippen LogP contribution >= 0.6 is 0 Å². The topological polar surface area (TPSA) is 17.1 Å². The van der Waals surface area contributed by atoms with Gasteiger partial charge in [0.25, 0.3) is 0 Å². The molecule has 0 heterocycles. The molecule has 4 heteroatoms. The van der Waals surface area contributed by atoms with Gasteiger partial charge in [0.2, 0.25) is 0 Å². The van der Waals surface area contributed by atoms with Crippen LogP contribution in [0.25, 0.3) is 0 Å². The maximum atomic E-state index is 8.25. The van der Waals surface area contributed by atoms with Gasteiger partial charge >= 0.3 is 46.8 Å². The molecule has 0 rings (SSSR count). The van der Waals surface area contributed by atoms with Gasteiger partial charge in [0.15, 0.2) is 0 Å². The first-order chi connectivity index (χ1) is 1.00. The van der Waals surface area contributed by atoms with Gasteiger partial charge in [-0.2, -0.15) is 0 Å². The molecule has 0 aromatic carbocycles. The van der Waals surface area contributed by atoms with E-state index in [1.54, 1.807) is 0 Å². The third kappa shape index (κ3) is 9.20. The molecule has 0 N–H and O–H groups in total. The molecule has 0 aromatic heterocycles. The fraction of sp³-hybridized carbons (Fsp3) is 0. The molecule has 0 saturated heterocycles. The van der Waals surface area contributed by atoms with Crippen molar-refractivity contribution < 1.29 is 43.7 Å². The summed E-state index contributed by atoms with van der Waals surface area (Å²) in [5.41, 5.74) is 0. The van der Waals surface area contributed by atoms with Crippen molar-refractivity contribution in [3.8, 4) is 0 Å². The number of rotatable bonds is 0. The molecule has 0 bridgehead atoms. The first-order valence-electron chi connectivity index (χ1n) is 0.204. The van der Waals surface area contributed by atoms with Crippen LogP contribution in [-0.2, 0) is 40.8 Å². The Balaban J connectivity index is -0.000000000833. The van der Waals surface area contributed by atoms with Crippen molar-refractivity contribution >= 4 is 23.1 Å². The molecule has 0 fully saturated rings. The van der Waals surface area contributed by atoms with Gasteiger partial charge in [0.1, 0.15) is 0 Å². The van der Waals surface area contributed by atoms with Crippen LogP contribution in [0, 0.1) is 0 Å². The summed E-state index contributed by atoms with van der Waals surface area (Å²) in [5.74, 6) is 0. The quantitative estimate of drug-likeness (QED) is 0.429. The van der Waals surface area contributed by atoms with E-state index in [9.17, 15) is 0 Å². The fourth-order valence-electron chi connectivity index (χ4n) is 0. The molecule has 0 aliphatic heterocycles. The van der Waals surface area contributed by atoms with E-state index in [1.165, 1.54) is 0 Å². The first-order valence-corrected chi connectivity index (χ1v) is 0.842. The summed E-state index contributed by atoms with van der Waals surface area (Å²) in [6.07, 6.45) is 0. The van der Waals surface area contributed by atoms with E-state index in [4.69, 9.17) is 3.32 Å². The summed E-state index contributed by atoms with van der Waals surface area (Å²) in [7, 11) is 0. The van der Waals surface area contributed by atoms with E-state index in [0.29, 0.717) is 0 Å². The monoisotopic (exact) mass is 146 g/mol. The van der Waals surface area contributed by atoms with Crippen LogP contribution < -0.4 is 0 Å². The van der Waals surface area contributed by atoms with Crippen molar-refractivity contribution in [3.63, 3.8) is 0 Å². The van der Waals surface area contributed by atoms with Crippen LogP contribution in [0.15, 0.2) is 0 Å². The minimum atomic E-state index is 0. The molecule has 0 radical (unpaired) electrons. The Morgan fingerprint density at radius 2 is 1.50 bits per heavy atom. The Morgan fingerprint density at radius 1 is 1.50 bits per heavy atom. The second-order valence-electron chi connectivity index (χ2n) is 0. The van der Waals surface area contributed by atoms with Gasteiger partial charge in [0.05, 0.1) is 0 Å². The Kier molecular flexibility index (Phi) is 91.2.